The van der Waals surface area contributed by atoms with Gasteiger partial charge in [0.1, 0.15) is 0 Å². The first-order valence-corrected chi connectivity index (χ1v) is 3.96. The molecule has 0 aliphatic carbocycles. The topological polar surface area (TPSA) is 12.9 Å². The van der Waals surface area contributed by atoms with Gasteiger partial charge < -0.3 is 0 Å². The molecule has 2 aromatic rings. The first-order valence-electron chi connectivity index (χ1n) is 3.19. The fourth-order valence-corrected chi connectivity index (χ4v) is 1.68. The lowest BCUT2D eigenvalue weighted by atomic mass is 10.2. The van der Waals surface area contributed by atoms with E-state index in [4.69, 9.17) is 0 Å². The number of rotatable bonds is 0. The van der Waals surface area contributed by atoms with Crippen LogP contribution in [0.3, 0.4) is 0 Å². The molecule has 0 radical (unpaired) electrons. The van der Waals surface area contributed by atoms with E-state index in [1.807, 2.05) is 18.2 Å². The van der Waals surface area contributed by atoms with E-state index >= 15 is 0 Å². The van der Waals surface area contributed by atoms with Gasteiger partial charge >= 0.3 is 0 Å². The van der Waals surface area contributed by atoms with Crippen molar-refractivity contribution in [3.63, 3.8) is 0 Å². The molecule has 1 aromatic carbocycles. The third-order valence-corrected chi connectivity index (χ3v) is 2.35. The van der Waals surface area contributed by atoms with E-state index in [1.54, 1.807) is 11.5 Å². The molecule has 10 heavy (non-hydrogen) atoms. The zero-order valence-corrected chi connectivity index (χ0v) is 6.48. The van der Waals surface area contributed by atoms with Gasteiger partial charge in [-0.25, -0.2) is 0 Å². The van der Waals surface area contributed by atoms with Crippen LogP contribution < -0.4 is 0 Å². The Morgan fingerprint density at radius 2 is 2.10 bits per heavy atom. The Labute approximate surface area is 63.5 Å². The molecule has 0 N–H and O–H groups in total. The van der Waals surface area contributed by atoms with Crippen LogP contribution >= 0.6 is 11.5 Å². The maximum absolute atomic E-state index is 4.26. The quantitative estimate of drug-likeness (QED) is 0.561. The van der Waals surface area contributed by atoms with Crippen molar-refractivity contribution < 1.29 is 0 Å². The average molecular weight is 149 g/mol. The van der Waals surface area contributed by atoms with Crippen LogP contribution in [0.25, 0.3) is 10.9 Å². The van der Waals surface area contributed by atoms with Crippen LogP contribution in [-0.2, 0) is 0 Å². The molecule has 0 saturated carbocycles. The van der Waals surface area contributed by atoms with Gasteiger partial charge in [-0.05, 0) is 24.5 Å². The van der Waals surface area contributed by atoms with Crippen molar-refractivity contribution in [1.29, 1.82) is 0 Å². The van der Waals surface area contributed by atoms with E-state index < -0.39 is 0 Å². The van der Waals surface area contributed by atoms with E-state index in [1.165, 1.54) is 10.3 Å². The van der Waals surface area contributed by atoms with E-state index in [-0.39, 0.29) is 0 Å². The fourth-order valence-electron chi connectivity index (χ4n) is 1.02. The van der Waals surface area contributed by atoms with E-state index in [9.17, 15) is 0 Å². The van der Waals surface area contributed by atoms with Gasteiger partial charge in [0.05, 0.1) is 5.52 Å². The number of benzene rings is 1. The first kappa shape index (κ1) is 5.86. The molecule has 2 heteroatoms. The minimum absolute atomic E-state index is 1.12. The summed E-state index contributed by atoms with van der Waals surface area (Å²) in [6.07, 6.45) is 0. The van der Waals surface area contributed by atoms with Crippen LogP contribution in [0, 0.1) is 6.92 Å². The van der Waals surface area contributed by atoms with Gasteiger partial charge in [0, 0.05) is 10.3 Å². The molecule has 1 nitrogen and oxygen atoms in total. The van der Waals surface area contributed by atoms with Crippen molar-refractivity contribution in [2.24, 2.45) is 0 Å². The van der Waals surface area contributed by atoms with Gasteiger partial charge in [-0.1, -0.05) is 18.2 Å². The van der Waals surface area contributed by atoms with Gasteiger partial charge in [-0.3, -0.25) is 0 Å². The molecule has 2 rings (SSSR count). The molecule has 1 aromatic heterocycles. The summed E-state index contributed by atoms with van der Waals surface area (Å²) >= 11 is 1.57. The van der Waals surface area contributed by atoms with E-state index in [0.29, 0.717) is 0 Å². The van der Waals surface area contributed by atoms with Crippen LogP contribution in [0.4, 0.5) is 0 Å². The van der Waals surface area contributed by atoms with Gasteiger partial charge in [0.25, 0.3) is 0 Å². The van der Waals surface area contributed by atoms with Gasteiger partial charge in [0.15, 0.2) is 0 Å². The van der Waals surface area contributed by atoms with Crippen molar-refractivity contribution >= 4 is 22.4 Å². The molecule has 0 saturated heterocycles. The van der Waals surface area contributed by atoms with Crippen LogP contribution in [0.15, 0.2) is 24.3 Å². The van der Waals surface area contributed by atoms with Crippen LogP contribution in [0.5, 0.6) is 0 Å². The summed E-state index contributed by atoms with van der Waals surface area (Å²) in [5.74, 6) is 0. The molecule has 0 aliphatic rings. The highest BCUT2D eigenvalue weighted by molar-refractivity contribution is 7.07. The molecule has 1 heterocycles. The number of hydrogen-bond donors (Lipinski definition) is 0. The van der Waals surface area contributed by atoms with Crippen LogP contribution in [0.1, 0.15) is 4.88 Å². The minimum Gasteiger partial charge on any atom is -0.192 e. The van der Waals surface area contributed by atoms with Crippen LogP contribution in [0.2, 0.25) is 0 Å². The monoisotopic (exact) mass is 149 g/mol. The van der Waals surface area contributed by atoms with Gasteiger partial charge in [-0.2, -0.15) is 4.37 Å². The van der Waals surface area contributed by atoms with Crippen molar-refractivity contribution in [2.45, 2.75) is 6.92 Å². The Bertz CT molecular complexity index is 351. The molecule has 0 bridgehead atoms. The molecule has 0 fully saturated rings. The summed E-state index contributed by atoms with van der Waals surface area (Å²) in [5, 5.41) is 1.28. The van der Waals surface area contributed by atoms with Crippen LogP contribution in [-0.4, -0.2) is 4.37 Å². The van der Waals surface area contributed by atoms with Crippen molar-refractivity contribution in [1.82, 2.24) is 4.37 Å². The highest BCUT2D eigenvalue weighted by Gasteiger charge is 1.97. The highest BCUT2D eigenvalue weighted by atomic mass is 32.1. The lowest BCUT2D eigenvalue weighted by Gasteiger charge is -1.84. The Morgan fingerprint density at radius 1 is 1.30 bits per heavy atom. The molecule has 0 aliphatic heterocycles. The number of nitrogens with zero attached hydrogens (tertiary/aromatic N) is 1. The molecule has 0 unspecified atom stereocenters. The Balaban J connectivity index is 2.93. The molecule has 0 amide bonds. The van der Waals surface area contributed by atoms with Gasteiger partial charge in [-0.15, -0.1) is 0 Å². The van der Waals surface area contributed by atoms with Gasteiger partial charge in [0.2, 0.25) is 0 Å². The summed E-state index contributed by atoms with van der Waals surface area (Å²) in [5.41, 5.74) is 1.12. The normalized spacial score (nSPS) is 10.5. The minimum atomic E-state index is 1.12. The second-order valence-electron chi connectivity index (χ2n) is 2.26. The van der Waals surface area contributed by atoms with Crippen molar-refractivity contribution in [2.75, 3.05) is 0 Å². The number of hydrogen-bond acceptors (Lipinski definition) is 2. The third-order valence-electron chi connectivity index (χ3n) is 1.56. The van der Waals surface area contributed by atoms with Crippen molar-refractivity contribution in [3.05, 3.63) is 29.1 Å². The largest absolute Gasteiger partial charge is 0.192 e. The SMILES string of the molecule is Cc1snc2ccccc12. The summed E-state index contributed by atoms with van der Waals surface area (Å²) in [6, 6.07) is 8.21. The molecular formula is C8H7NS. The number of aryl methyl sites for hydroxylation is 1. The van der Waals surface area contributed by atoms with Crippen molar-refractivity contribution in [3.8, 4) is 0 Å². The summed E-state index contributed by atoms with van der Waals surface area (Å²) in [6.45, 7) is 2.10. The zero-order valence-electron chi connectivity index (χ0n) is 5.66. The predicted octanol–water partition coefficient (Wildman–Crippen LogP) is 2.60. The maximum atomic E-state index is 4.26. The second-order valence-corrected chi connectivity index (χ2v) is 3.23. The Kier molecular flexibility index (Phi) is 1.21. The first-order chi connectivity index (χ1) is 4.88. The number of aromatic nitrogens is 1. The fraction of sp³-hybridized carbons (Fsp3) is 0.125. The summed E-state index contributed by atoms with van der Waals surface area (Å²) in [7, 11) is 0. The molecule has 0 atom stereocenters. The smallest absolute Gasteiger partial charge is 0.0843 e. The zero-order chi connectivity index (χ0) is 6.97. The predicted molar refractivity (Wildman–Crippen MR) is 44.4 cm³/mol. The average Bonchev–Trinajstić information content (AvgIpc) is 2.34. The molecule has 50 valence electrons. The Hall–Kier alpha value is -0.890. The lowest BCUT2D eigenvalue weighted by Crippen LogP contribution is -1.64. The second kappa shape index (κ2) is 2.06. The van der Waals surface area contributed by atoms with E-state index in [0.717, 1.165) is 5.52 Å². The standard InChI is InChI=1S/C8H7NS/c1-6-7-4-2-3-5-8(7)9-10-6/h2-5H,1H3. The Morgan fingerprint density at radius 3 is 2.90 bits per heavy atom. The summed E-state index contributed by atoms with van der Waals surface area (Å²) in [4.78, 5) is 1.30. The lowest BCUT2D eigenvalue weighted by molar-refractivity contribution is 1.65. The highest BCUT2D eigenvalue weighted by Crippen LogP contribution is 2.19. The molecule has 0 spiro atoms. The number of fused-ring (bicyclic) bond motifs is 1. The summed E-state index contributed by atoms with van der Waals surface area (Å²) < 4.78 is 4.26. The maximum Gasteiger partial charge on any atom is 0.0843 e. The molecular weight excluding hydrogens is 142 g/mol. The van der Waals surface area contributed by atoms with E-state index in [2.05, 4.69) is 17.4 Å². The third kappa shape index (κ3) is 0.727.